The molecule has 0 heterocycles. The molecule has 7 heteroatoms. The number of amides is 2. The van der Waals surface area contributed by atoms with Gasteiger partial charge in [0, 0.05) is 11.9 Å². The van der Waals surface area contributed by atoms with Gasteiger partial charge >= 0.3 is 6.03 Å². The normalized spacial score (nSPS) is 13.0. The van der Waals surface area contributed by atoms with Gasteiger partial charge in [-0.3, -0.25) is 0 Å². The minimum Gasteiger partial charge on any atom is -0.394 e. The van der Waals surface area contributed by atoms with Gasteiger partial charge in [-0.05, 0) is 36.6 Å². The number of aliphatic hydroxyl groups is 1. The van der Waals surface area contributed by atoms with Gasteiger partial charge in [-0.2, -0.15) is 0 Å². The minimum absolute atomic E-state index is 0.126. The summed E-state index contributed by atoms with van der Waals surface area (Å²) in [6.07, 6.45) is 1.80. The van der Waals surface area contributed by atoms with Crippen LogP contribution < -0.4 is 10.6 Å². The lowest BCUT2D eigenvalue weighted by atomic mass is 10.0. The summed E-state index contributed by atoms with van der Waals surface area (Å²) in [5.41, 5.74) is 0.487. The number of anilines is 1. The maximum atomic E-state index is 11.8. The van der Waals surface area contributed by atoms with Gasteiger partial charge in [-0.25, -0.2) is 13.2 Å². The lowest BCUT2D eigenvalue weighted by molar-refractivity contribution is 0.214. The highest BCUT2D eigenvalue weighted by Crippen LogP contribution is 2.14. The van der Waals surface area contributed by atoms with Crippen molar-refractivity contribution < 1.29 is 18.3 Å². The van der Waals surface area contributed by atoms with E-state index in [1.807, 2.05) is 13.8 Å². The van der Waals surface area contributed by atoms with Crippen LogP contribution in [0.25, 0.3) is 0 Å². The van der Waals surface area contributed by atoms with E-state index < -0.39 is 15.9 Å². The third-order valence-corrected chi connectivity index (χ3v) is 3.98. The first-order chi connectivity index (χ1) is 9.72. The Bertz CT molecular complexity index is 567. The Morgan fingerprint density at radius 1 is 1.24 bits per heavy atom. The quantitative estimate of drug-likeness (QED) is 0.743. The zero-order valence-corrected chi connectivity index (χ0v) is 13.3. The number of rotatable bonds is 6. The molecule has 1 aromatic carbocycles. The number of nitrogens with one attached hydrogen (secondary N) is 2. The highest BCUT2D eigenvalue weighted by atomic mass is 32.2. The van der Waals surface area contributed by atoms with Crippen LogP contribution in [0, 0.1) is 5.92 Å². The first-order valence-electron chi connectivity index (χ1n) is 6.71. The molecule has 0 aliphatic carbocycles. The number of hydrogen-bond donors (Lipinski definition) is 3. The molecule has 2 amide bonds. The van der Waals surface area contributed by atoms with E-state index in [1.165, 1.54) is 24.3 Å². The van der Waals surface area contributed by atoms with E-state index >= 15 is 0 Å². The van der Waals surface area contributed by atoms with Gasteiger partial charge in [-0.1, -0.05) is 13.8 Å². The summed E-state index contributed by atoms with van der Waals surface area (Å²) in [6, 6.07) is 5.17. The number of carbonyl (C=O) groups is 1. The lowest BCUT2D eigenvalue weighted by Crippen LogP contribution is -2.40. The van der Waals surface area contributed by atoms with Gasteiger partial charge in [0.05, 0.1) is 17.5 Å². The third-order valence-electron chi connectivity index (χ3n) is 2.85. The fraction of sp³-hybridized carbons (Fsp3) is 0.500. The summed E-state index contributed by atoms with van der Waals surface area (Å²) in [7, 11) is -3.25. The molecular formula is C14H22N2O4S. The fourth-order valence-electron chi connectivity index (χ4n) is 1.89. The zero-order chi connectivity index (χ0) is 16.0. The summed E-state index contributed by atoms with van der Waals surface area (Å²) in [4.78, 5) is 12.0. The van der Waals surface area contributed by atoms with Gasteiger partial charge in [-0.15, -0.1) is 0 Å². The smallest absolute Gasteiger partial charge is 0.319 e. The molecule has 118 valence electrons. The van der Waals surface area contributed by atoms with Crippen LogP contribution in [0.3, 0.4) is 0 Å². The Morgan fingerprint density at radius 3 is 2.24 bits per heavy atom. The summed E-state index contributed by atoms with van der Waals surface area (Å²) < 4.78 is 22.7. The van der Waals surface area contributed by atoms with Gasteiger partial charge in [0.15, 0.2) is 9.84 Å². The van der Waals surface area contributed by atoms with Gasteiger partial charge in [0.25, 0.3) is 0 Å². The van der Waals surface area contributed by atoms with Crippen LogP contribution in [0.1, 0.15) is 20.3 Å². The van der Waals surface area contributed by atoms with Crippen molar-refractivity contribution in [3.8, 4) is 0 Å². The molecule has 0 bridgehead atoms. The summed E-state index contributed by atoms with van der Waals surface area (Å²) in [6.45, 7) is 3.89. The van der Waals surface area contributed by atoms with Crippen LogP contribution in [0.5, 0.6) is 0 Å². The molecule has 0 aliphatic heterocycles. The maximum Gasteiger partial charge on any atom is 0.319 e. The van der Waals surface area contributed by atoms with Crippen LogP contribution in [-0.2, 0) is 9.84 Å². The second-order valence-electron chi connectivity index (χ2n) is 5.40. The third kappa shape index (κ3) is 6.14. The topological polar surface area (TPSA) is 95.5 Å². The predicted octanol–water partition coefficient (Wildman–Crippen LogP) is 1.62. The predicted molar refractivity (Wildman–Crippen MR) is 82.0 cm³/mol. The number of urea groups is 1. The number of aliphatic hydroxyl groups excluding tert-OH is 1. The van der Waals surface area contributed by atoms with E-state index in [-0.39, 0.29) is 17.5 Å². The average molecular weight is 314 g/mol. The SMILES string of the molecule is CC(C)CC(CO)NC(=O)Nc1ccc(S(C)(=O)=O)cc1. The second-order valence-corrected chi connectivity index (χ2v) is 7.42. The highest BCUT2D eigenvalue weighted by molar-refractivity contribution is 7.90. The summed E-state index contributed by atoms with van der Waals surface area (Å²) >= 11 is 0. The molecule has 6 nitrogen and oxygen atoms in total. The monoisotopic (exact) mass is 314 g/mol. The van der Waals surface area contributed by atoms with Crippen molar-refractivity contribution in [3.63, 3.8) is 0 Å². The number of hydrogen-bond acceptors (Lipinski definition) is 4. The molecule has 1 rings (SSSR count). The van der Waals surface area contributed by atoms with E-state index in [1.54, 1.807) is 0 Å². The fourth-order valence-corrected chi connectivity index (χ4v) is 2.52. The molecule has 1 atom stereocenters. The largest absolute Gasteiger partial charge is 0.394 e. The van der Waals surface area contributed by atoms with Crippen LogP contribution in [0.4, 0.5) is 10.5 Å². The first kappa shape index (κ1) is 17.5. The molecule has 0 saturated heterocycles. The van der Waals surface area contributed by atoms with Crippen molar-refractivity contribution in [1.29, 1.82) is 0 Å². The van der Waals surface area contributed by atoms with Crippen LogP contribution in [-0.4, -0.2) is 38.5 Å². The standard InChI is InChI=1S/C14H22N2O4S/c1-10(2)8-12(9-17)16-14(18)15-11-4-6-13(7-5-11)21(3,19)20/h4-7,10,12,17H,8-9H2,1-3H3,(H2,15,16,18). The summed E-state index contributed by atoms with van der Waals surface area (Å²) in [5, 5.41) is 14.5. The van der Waals surface area contributed by atoms with Crippen LogP contribution >= 0.6 is 0 Å². The number of sulfone groups is 1. The number of carbonyl (C=O) groups excluding carboxylic acids is 1. The maximum absolute atomic E-state index is 11.8. The van der Waals surface area contributed by atoms with Crippen molar-refractivity contribution in [2.75, 3.05) is 18.2 Å². The number of benzene rings is 1. The van der Waals surface area contributed by atoms with Crippen molar-refractivity contribution >= 4 is 21.6 Å². The molecule has 0 aromatic heterocycles. The van der Waals surface area contributed by atoms with Gasteiger partial charge < -0.3 is 15.7 Å². The van der Waals surface area contributed by atoms with E-state index in [4.69, 9.17) is 0 Å². The molecule has 1 unspecified atom stereocenters. The molecule has 21 heavy (non-hydrogen) atoms. The molecular weight excluding hydrogens is 292 g/mol. The summed E-state index contributed by atoms with van der Waals surface area (Å²) in [5.74, 6) is 0.358. The Balaban J connectivity index is 2.62. The Morgan fingerprint density at radius 2 is 1.81 bits per heavy atom. The highest BCUT2D eigenvalue weighted by Gasteiger charge is 2.13. The Hall–Kier alpha value is -1.60. The van der Waals surface area contributed by atoms with Gasteiger partial charge in [0.2, 0.25) is 0 Å². The van der Waals surface area contributed by atoms with Crippen molar-refractivity contribution in [1.82, 2.24) is 5.32 Å². The van der Waals surface area contributed by atoms with E-state index in [9.17, 15) is 18.3 Å². The molecule has 0 aliphatic rings. The molecule has 1 aromatic rings. The van der Waals surface area contributed by atoms with Crippen LogP contribution in [0.2, 0.25) is 0 Å². The minimum atomic E-state index is -3.25. The molecule has 0 fully saturated rings. The Kier molecular flexibility index (Phi) is 6.17. The molecule has 3 N–H and O–H groups in total. The van der Waals surface area contributed by atoms with Crippen LogP contribution in [0.15, 0.2) is 29.2 Å². The van der Waals surface area contributed by atoms with Crippen molar-refractivity contribution in [2.24, 2.45) is 5.92 Å². The average Bonchev–Trinajstić information content (AvgIpc) is 2.36. The first-order valence-corrected chi connectivity index (χ1v) is 8.60. The van der Waals surface area contributed by atoms with Crippen molar-refractivity contribution in [2.45, 2.75) is 31.2 Å². The zero-order valence-electron chi connectivity index (χ0n) is 12.5. The van der Waals surface area contributed by atoms with E-state index in [0.717, 1.165) is 6.26 Å². The van der Waals surface area contributed by atoms with Gasteiger partial charge in [0.1, 0.15) is 0 Å². The van der Waals surface area contributed by atoms with Crippen molar-refractivity contribution in [3.05, 3.63) is 24.3 Å². The second kappa shape index (κ2) is 7.42. The molecule has 0 radical (unpaired) electrons. The van der Waals surface area contributed by atoms with E-state index in [2.05, 4.69) is 10.6 Å². The van der Waals surface area contributed by atoms with E-state index in [0.29, 0.717) is 18.0 Å². The molecule has 0 spiro atoms. The molecule has 0 saturated carbocycles. The Labute approximate surface area is 125 Å². The lowest BCUT2D eigenvalue weighted by Gasteiger charge is -2.18.